The first-order valence-corrected chi connectivity index (χ1v) is 8.93. The number of benzene rings is 1. The number of rotatable bonds is 4. The number of carbonyl (C=O) groups is 2. The molecule has 0 aliphatic carbocycles. The molecule has 6 heteroatoms. The molecule has 2 heterocycles. The molecule has 1 aromatic rings. The van der Waals surface area contributed by atoms with Crippen LogP contribution in [0.1, 0.15) is 24.8 Å². The first kappa shape index (κ1) is 17.2. The summed E-state index contributed by atoms with van der Waals surface area (Å²) < 4.78 is 5.30. The number of hydrogen-bond donors (Lipinski definition) is 0. The largest absolute Gasteiger partial charge is 0.378 e. The molecule has 1 atom stereocenters. The van der Waals surface area contributed by atoms with Crippen LogP contribution in [-0.4, -0.2) is 60.5 Å². The van der Waals surface area contributed by atoms with Crippen LogP contribution in [0.15, 0.2) is 24.3 Å². The van der Waals surface area contributed by atoms with Crippen molar-refractivity contribution in [2.24, 2.45) is 0 Å². The second-order valence-electron chi connectivity index (χ2n) is 6.31. The molecule has 1 aromatic carbocycles. The summed E-state index contributed by atoms with van der Waals surface area (Å²) in [7, 11) is 0. The van der Waals surface area contributed by atoms with E-state index in [1.54, 1.807) is 4.90 Å². The molecule has 2 aliphatic heterocycles. The van der Waals surface area contributed by atoms with Crippen LogP contribution in [0.3, 0.4) is 0 Å². The highest BCUT2D eigenvalue weighted by Gasteiger charge is 2.36. The van der Waals surface area contributed by atoms with E-state index in [-0.39, 0.29) is 17.9 Å². The normalized spacial score (nSPS) is 21.1. The number of carbonyl (C=O) groups excluding carboxylic acids is 2. The van der Waals surface area contributed by atoms with Crippen molar-refractivity contribution in [2.45, 2.75) is 31.7 Å². The second-order valence-corrected chi connectivity index (χ2v) is 6.75. The van der Waals surface area contributed by atoms with E-state index in [0.717, 1.165) is 18.4 Å². The van der Waals surface area contributed by atoms with Crippen LogP contribution in [0.25, 0.3) is 0 Å². The summed E-state index contributed by atoms with van der Waals surface area (Å²) in [4.78, 5) is 28.9. The Hall–Kier alpha value is -1.59. The zero-order chi connectivity index (χ0) is 16.9. The van der Waals surface area contributed by atoms with Gasteiger partial charge >= 0.3 is 0 Å². The standard InChI is InChI=1S/C18H23ClN2O3/c19-15-4-1-3-14(13-15)6-7-17(22)21-8-2-5-16(21)18(23)20-9-11-24-12-10-20/h1,3-4,13,16H,2,5-12H2. The van der Waals surface area contributed by atoms with Gasteiger partial charge in [0.2, 0.25) is 11.8 Å². The summed E-state index contributed by atoms with van der Waals surface area (Å²) in [6.45, 7) is 3.09. The molecule has 24 heavy (non-hydrogen) atoms. The lowest BCUT2D eigenvalue weighted by atomic mass is 10.1. The van der Waals surface area contributed by atoms with Gasteiger partial charge in [0.05, 0.1) is 13.2 Å². The van der Waals surface area contributed by atoms with Crippen molar-refractivity contribution in [3.05, 3.63) is 34.9 Å². The third-order valence-corrected chi connectivity index (χ3v) is 4.93. The summed E-state index contributed by atoms with van der Waals surface area (Å²) in [6, 6.07) is 7.27. The molecule has 5 nitrogen and oxygen atoms in total. The lowest BCUT2D eigenvalue weighted by molar-refractivity contribution is -0.146. The molecule has 0 spiro atoms. The van der Waals surface area contributed by atoms with Crippen LogP contribution in [0, 0.1) is 0 Å². The van der Waals surface area contributed by atoms with E-state index in [4.69, 9.17) is 16.3 Å². The molecule has 2 amide bonds. The number of morpholine rings is 1. The van der Waals surface area contributed by atoms with E-state index in [0.29, 0.717) is 50.7 Å². The second kappa shape index (κ2) is 7.99. The van der Waals surface area contributed by atoms with E-state index < -0.39 is 0 Å². The number of halogens is 1. The Labute approximate surface area is 147 Å². The van der Waals surface area contributed by atoms with Crippen LogP contribution < -0.4 is 0 Å². The lowest BCUT2D eigenvalue weighted by Gasteiger charge is -2.32. The maximum absolute atomic E-state index is 12.7. The van der Waals surface area contributed by atoms with Gasteiger partial charge in [-0.05, 0) is 37.0 Å². The van der Waals surface area contributed by atoms with Crippen LogP contribution in [0.2, 0.25) is 5.02 Å². The third-order valence-electron chi connectivity index (χ3n) is 4.70. The predicted octanol–water partition coefficient (Wildman–Crippen LogP) is 2.12. The Bertz CT molecular complexity index is 602. The molecule has 2 saturated heterocycles. The Morgan fingerprint density at radius 3 is 2.75 bits per heavy atom. The minimum Gasteiger partial charge on any atom is -0.378 e. The molecule has 0 bridgehead atoms. The topological polar surface area (TPSA) is 49.9 Å². The Balaban J connectivity index is 1.57. The van der Waals surface area contributed by atoms with Crippen molar-refractivity contribution in [1.82, 2.24) is 9.80 Å². The van der Waals surface area contributed by atoms with Crippen molar-refractivity contribution in [3.8, 4) is 0 Å². The van der Waals surface area contributed by atoms with E-state index in [1.165, 1.54) is 0 Å². The van der Waals surface area contributed by atoms with Gasteiger partial charge in [0.15, 0.2) is 0 Å². The van der Waals surface area contributed by atoms with Crippen LogP contribution in [0.5, 0.6) is 0 Å². The van der Waals surface area contributed by atoms with Gasteiger partial charge in [-0.3, -0.25) is 9.59 Å². The van der Waals surface area contributed by atoms with Crippen LogP contribution in [-0.2, 0) is 20.7 Å². The fourth-order valence-electron chi connectivity index (χ4n) is 3.40. The zero-order valence-corrected chi connectivity index (χ0v) is 14.5. The molecule has 130 valence electrons. The number of aryl methyl sites for hydroxylation is 1. The highest BCUT2D eigenvalue weighted by Crippen LogP contribution is 2.22. The van der Waals surface area contributed by atoms with Crippen molar-refractivity contribution in [1.29, 1.82) is 0 Å². The maximum Gasteiger partial charge on any atom is 0.245 e. The summed E-state index contributed by atoms with van der Waals surface area (Å²) in [5.74, 6) is 0.131. The van der Waals surface area contributed by atoms with Crippen LogP contribution >= 0.6 is 11.6 Å². The highest BCUT2D eigenvalue weighted by molar-refractivity contribution is 6.30. The molecular formula is C18H23ClN2O3. The van der Waals surface area contributed by atoms with Crippen molar-refractivity contribution in [3.63, 3.8) is 0 Å². The zero-order valence-electron chi connectivity index (χ0n) is 13.7. The van der Waals surface area contributed by atoms with E-state index in [1.807, 2.05) is 29.2 Å². The van der Waals surface area contributed by atoms with Gasteiger partial charge in [0, 0.05) is 31.1 Å². The molecule has 0 saturated carbocycles. The molecule has 0 radical (unpaired) electrons. The number of likely N-dealkylation sites (tertiary alicyclic amines) is 1. The number of amides is 2. The summed E-state index contributed by atoms with van der Waals surface area (Å²) in [6.07, 6.45) is 2.71. The Kier molecular flexibility index (Phi) is 5.74. The first-order valence-electron chi connectivity index (χ1n) is 8.55. The molecule has 0 N–H and O–H groups in total. The van der Waals surface area contributed by atoms with Crippen molar-refractivity contribution in [2.75, 3.05) is 32.8 Å². The van der Waals surface area contributed by atoms with Gasteiger partial charge < -0.3 is 14.5 Å². The summed E-state index contributed by atoms with van der Waals surface area (Å²) >= 11 is 5.98. The van der Waals surface area contributed by atoms with Gasteiger partial charge in [-0.2, -0.15) is 0 Å². The SMILES string of the molecule is O=C(C1CCCN1C(=O)CCc1cccc(Cl)c1)N1CCOCC1. The molecule has 3 rings (SSSR count). The average molecular weight is 351 g/mol. The molecular weight excluding hydrogens is 328 g/mol. The fourth-order valence-corrected chi connectivity index (χ4v) is 3.62. The smallest absolute Gasteiger partial charge is 0.245 e. The van der Waals surface area contributed by atoms with Crippen molar-refractivity contribution < 1.29 is 14.3 Å². The first-order chi connectivity index (χ1) is 11.6. The molecule has 2 fully saturated rings. The number of nitrogens with zero attached hydrogens (tertiary/aromatic N) is 2. The predicted molar refractivity (Wildman–Crippen MR) is 91.9 cm³/mol. The quantitative estimate of drug-likeness (QED) is 0.835. The Morgan fingerprint density at radius 1 is 1.21 bits per heavy atom. The number of hydrogen-bond acceptors (Lipinski definition) is 3. The minimum absolute atomic E-state index is 0.0547. The Morgan fingerprint density at radius 2 is 2.00 bits per heavy atom. The monoisotopic (exact) mass is 350 g/mol. The summed E-state index contributed by atoms with van der Waals surface area (Å²) in [5.41, 5.74) is 1.05. The third kappa shape index (κ3) is 4.08. The van der Waals surface area contributed by atoms with E-state index >= 15 is 0 Å². The van der Waals surface area contributed by atoms with Gasteiger partial charge in [0.1, 0.15) is 6.04 Å². The van der Waals surface area contributed by atoms with Gasteiger partial charge in [0.25, 0.3) is 0 Å². The van der Waals surface area contributed by atoms with Crippen LogP contribution in [0.4, 0.5) is 0 Å². The fraction of sp³-hybridized carbons (Fsp3) is 0.556. The summed E-state index contributed by atoms with van der Waals surface area (Å²) in [5, 5.41) is 0.682. The minimum atomic E-state index is -0.296. The van der Waals surface area contributed by atoms with Crippen molar-refractivity contribution >= 4 is 23.4 Å². The molecule has 1 unspecified atom stereocenters. The average Bonchev–Trinajstić information content (AvgIpc) is 3.09. The van der Waals surface area contributed by atoms with Gasteiger partial charge in [-0.1, -0.05) is 23.7 Å². The maximum atomic E-state index is 12.7. The van der Waals surface area contributed by atoms with E-state index in [9.17, 15) is 9.59 Å². The number of ether oxygens (including phenoxy) is 1. The van der Waals surface area contributed by atoms with E-state index in [2.05, 4.69) is 0 Å². The van der Waals surface area contributed by atoms with Gasteiger partial charge in [-0.15, -0.1) is 0 Å². The molecule has 0 aromatic heterocycles. The highest BCUT2D eigenvalue weighted by atomic mass is 35.5. The lowest BCUT2D eigenvalue weighted by Crippen LogP contribution is -2.51. The molecule has 2 aliphatic rings. The van der Waals surface area contributed by atoms with Gasteiger partial charge in [-0.25, -0.2) is 0 Å².